The molecule has 4 rings (SSSR count). The van der Waals surface area contributed by atoms with Crippen LogP contribution in [0.3, 0.4) is 0 Å². The molecule has 1 heterocycles. The monoisotopic (exact) mass is 430 g/mol. The summed E-state index contributed by atoms with van der Waals surface area (Å²) >= 11 is 0. The van der Waals surface area contributed by atoms with E-state index in [-0.39, 0.29) is 24.3 Å². The fourth-order valence-corrected chi connectivity index (χ4v) is 4.07. The summed E-state index contributed by atoms with van der Waals surface area (Å²) in [4.78, 5) is 27.5. The van der Waals surface area contributed by atoms with E-state index < -0.39 is 6.04 Å². The maximum absolute atomic E-state index is 13.1. The van der Waals surface area contributed by atoms with Crippen molar-refractivity contribution in [2.75, 3.05) is 14.2 Å². The zero-order valence-corrected chi connectivity index (χ0v) is 18.2. The van der Waals surface area contributed by atoms with Gasteiger partial charge in [-0.05, 0) is 28.8 Å². The van der Waals surface area contributed by atoms with E-state index in [0.717, 1.165) is 16.7 Å². The summed E-state index contributed by atoms with van der Waals surface area (Å²) in [5.74, 6) is 0.982. The van der Waals surface area contributed by atoms with Crippen LogP contribution in [0.1, 0.15) is 22.7 Å². The molecule has 2 unspecified atom stereocenters. The summed E-state index contributed by atoms with van der Waals surface area (Å²) in [6.07, 6.45) is 0.238. The summed E-state index contributed by atoms with van der Waals surface area (Å²) in [5.41, 5.74) is 2.82. The highest BCUT2D eigenvalue weighted by Gasteiger charge is 2.48. The number of β-lactam (4-membered cyclic amide) rings is 1. The van der Waals surface area contributed by atoms with Crippen molar-refractivity contribution >= 4 is 11.8 Å². The Hall–Kier alpha value is -3.80. The number of benzene rings is 3. The number of amides is 2. The third-order valence-electron chi connectivity index (χ3n) is 5.67. The van der Waals surface area contributed by atoms with Crippen molar-refractivity contribution in [3.63, 3.8) is 0 Å². The molecule has 32 heavy (non-hydrogen) atoms. The maximum Gasteiger partial charge on any atom is 0.248 e. The minimum absolute atomic E-state index is 0.102. The van der Waals surface area contributed by atoms with E-state index >= 15 is 0 Å². The van der Waals surface area contributed by atoms with Crippen LogP contribution in [0.2, 0.25) is 0 Å². The van der Waals surface area contributed by atoms with Crippen molar-refractivity contribution < 1.29 is 19.1 Å². The molecule has 0 saturated carbocycles. The van der Waals surface area contributed by atoms with E-state index in [9.17, 15) is 9.59 Å². The highest BCUT2D eigenvalue weighted by molar-refractivity contribution is 5.94. The molecular weight excluding hydrogens is 404 g/mol. The third-order valence-corrected chi connectivity index (χ3v) is 5.67. The van der Waals surface area contributed by atoms with Gasteiger partial charge in [-0.2, -0.15) is 0 Å². The van der Waals surface area contributed by atoms with Gasteiger partial charge in [-0.3, -0.25) is 9.59 Å². The summed E-state index contributed by atoms with van der Waals surface area (Å²) in [5, 5.41) is 2.94. The van der Waals surface area contributed by atoms with E-state index in [1.807, 2.05) is 78.9 Å². The molecule has 1 fully saturated rings. The lowest BCUT2D eigenvalue weighted by atomic mass is 9.87. The van der Waals surface area contributed by atoms with Gasteiger partial charge in [0.15, 0.2) is 11.5 Å². The fraction of sp³-hybridized carbons (Fsp3) is 0.231. The van der Waals surface area contributed by atoms with Crippen molar-refractivity contribution in [1.82, 2.24) is 10.2 Å². The van der Waals surface area contributed by atoms with Crippen molar-refractivity contribution in [2.45, 2.75) is 25.0 Å². The smallest absolute Gasteiger partial charge is 0.248 e. The van der Waals surface area contributed by atoms with Crippen molar-refractivity contribution in [3.8, 4) is 11.5 Å². The first kappa shape index (κ1) is 21.4. The molecule has 0 aromatic heterocycles. The van der Waals surface area contributed by atoms with Crippen LogP contribution in [0.5, 0.6) is 11.5 Å². The fourth-order valence-electron chi connectivity index (χ4n) is 4.07. The molecule has 0 spiro atoms. The molecule has 1 saturated heterocycles. The second-order valence-corrected chi connectivity index (χ2v) is 7.72. The zero-order valence-electron chi connectivity index (χ0n) is 18.2. The van der Waals surface area contributed by atoms with Gasteiger partial charge >= 0.3 is 0 Å². The summed E-state index contributed by atoms with van der Waals surface area (Å²) in [7, 11) is 3.17. The Bertz CT molecular complexity index is 1090. The van der Waals surface area contributed by atoms with Gasteiger partial charge in [0.25, 0.3) is 0 Å². The van der Waals surface area contributed by atoms with Crippen LogP contribution in [-0.2, 0) is 22.6 Å². The van der Waals surface area contributed by atoms with Gasteiger partial charge in [-0.1, -0.05) is 66.7 Å². The molecule has 0 aliphatic carbocycles. The largest absolute Gasteiger partial charge is 0.493 e. The summed E-state index contributed by atoms with van der Waals surface area (Å²) in [6, 6.07) is 24.1. The number of methoxy groups -OCH3 is 2. The Morgan fingerprint density at radius 2 is 1.53 bits per heavy atom. The molecule has 164 valence electrons. The number of carbonyl (C=O) groups excluding carboxylic acids is 2. The van der Waals surface area contributed by atoms with E-state index in [1.54, 1.807) is 19.1 Å². The van der Waals surface area contributed by atoms with Crippen LogP contribution < -0.4 is 14.8 Å². The summed E-state index contributed by atoms with van der Waals surface area (Å²) < 4.78 is 10.7. The van der Waals surface area contributed by atoms with E-state index in [1.165, 1.54) is 0 Å². The zero-order chi connectivity index (χ0) is 22.5. The van der Waals surface area contributed by atoms with Gasteiger partial charge in [0.1, 0.15) is 6.04 Å². The molecule has 3 aromatic carbocycles. The predicted molar refractivity (Wildman–Crippen MR) is 121 cm³/mol. The second-order valence-electron chi connectivity index (χ2n) is 7.72. The van der Waals surface area contributed by atoms with Crippen LogP contribution in [0.4, 0.5) is 0 Å². The van der Waals surface area contributed by atoms with Gasteiger partial charge in [0, 0.05) is 6.54 Å². The SMILES string of the molecule is COc1ccc(CN2C(=O)C(NC(=O)Cc3ccccc3)C2c2ccccc2)cc1OC. The van der Waals surface area contributed by atoms with E-state index in [2.05, 4.69) is 5.32 Å². The molecule has 3 aromatic rings. The number of ether oxygens (including phenoxy) is 2. The Kier molecular flexibility index (Phi) is 6.40. The Morgan fingerprint density at radius 1 is 0.875 bits per heavy atom. The molecule has 1 aliphatic heterocycles. The second kappa shape index (κ2) is 9.56. The van der Waals surface area contributed by atoms with Gasteiger partial charge in [0.05, 0.1) is 26.7 Å². The van der Waals surface area contributed by atoms with E-state index in [4.69, 9.17) is 9.47 Å². The molecule has 2 atom stereocenters. The molecule has 2 amide bonds. The lowest BCUT2D eigenvalue weighted by Gasteiger charge is -2.47. The normalized spacial score (nSPS) is 17.4. The van der Waals surface area contributed by atoms with Crippen LogP contribution >= 0.6 is 0 Å². The molecule has 6 nitrogen and oxygen atoms in total. The number of nitrogens with zero attached hydrogens (tertiary/aromatic N) is 1. The van der Waals surface area contributed by atoms with Crippen LogP contribution in [0.25, 0.3) is 0 Å². The van der Waals surface area contributed by atoms with Crippen LogP contribution in [0, 0.1) is 0 Å². The summed E-state index contributed by atoms with van der Waals surface area (Å²) in [6.45, 7) is 0.407. The highest BCUT2D eigenvalue weighted by atomic mass is 16.5. The average Bonchev–Trinajstić information content (AvgIpc) is 2.83. The number of hydrogen-bond donors (Lipinski definition) is 1. The van der Waals surface area contributed by atoms with Crippen molar-refractivity contribution in [3.05, 3.63) is 95.6 Å². The van der Waals surface area contributed by atoms with Gasteiger partial charge < -0.3 is 19.7 Å². The molecule has 1 N–H and O–H groups in total. The molecule has 0 radical (unpaired) electrons. The Morgan fingerprint density at radius 3 is 2.19 bits per heavy atom. The Balaban J connectivity index is 1.53. The average molecular weight is 431 g/mol. The van der Waals surface area contributed by atoms with Gasteiger partial charge in [-0.25, -0.2) is 0 Å². The number of nitrogens with one attached hydrogen (secondary N) is 1. The van der Waals surface area contributed by atoms with Crippen LogP contribution in [0.15, 0.2) is 78.9 Å². The maximum atomic E-state index is 13.1. The van der Waals surface area contributed by atoms with Gasteiger partial charge in [0.2, 0.25) is 11.8 Å². The number of hydrogen-bond acceptors (Lipinski definition) is 4. The third kappa shape index (κ3) is 4.44. The minimum atomic E-state index is -0.589. The topological polar surface area (TPSA) is 67.9 Å². The highest BCUT2D eigenvalue weighted by Crippen LogP contribution is 2.37. The number of likely N-dealkylation sites (tertiary alicyclic amines) is 1. The Labute approximate surface area is 187 Å². The lowest BCUT2D eigenvalue weighted by molar-refractivity contribution is -0.155. The predicted octanol–water partition coefficient (Wildman–Crippen LogP) is 3.51. The van der Waals surface area contributed by atoms with Crippen molar-refractivity contribution in [1.29, 1.82) is 0 Å². The van der Waals surface area contributed by atoms with Crippen LogP contribution in [-0.4, -0.2) is 37.0 Å². The molecule has 1 aliphatic rings. The molecule has 0 bridgehead atoms. The number of rotatable bonds is 8. The van der Waals surface area contributed by atoms with Crippen molar-refractivity contribution in [2.24, 2.45) is 0 Å². The first-order valence-corrected chi connectivity index (χ1v) is 10.5. The lowest BCUT2D eigenvalue weighted by Crippen LogP contribution is -2.65. The molecule has 6 heteroatoms. The quantitative estimate of drug-likeness (QED) is 0.556. The van der Waals surface area contributed by atoms with E-state index in [0.29, 0.717) is 18.0 Å². The van der Waals surface area contributed by atoms with Gasteiger partial charge in [-0.15, -0.1) is 0 Å². The number of carbonyl (C=O) groups is 2. The first-order chi connectivity index (χ1) is 15.6. The minimum Gasteiger partial charge on any atom is -0.493 e. The molecular formula is C26H26N2O4. The standard InChI is InChI=1S/C26H26N2O4/c1-31-21-14-13-19(15-22(21)32-2)17-28-25(20-11-7-4-8-12-20)24(26(28)30)27-23(29)16-18-9-5-3-6-10-18/h3-15,24-25H,16-17H2,1-2H3,(H,27,29). The first-order valence-electron chi connectivity index (χ1n) is 10.5.